The third kappa shape index (κ3) is 4.92. The van der Waals surface area contributed by atoms with Gasteiger partial charge in [0.15, 0.2) is 6.61 Å². The van der Waals surface area contributed by atoms with Gasteiger partial charge in [-0.3, -0.25) is 0 Å². The molecule has 0 N–H and O–H groups in total. The zero-order chi connectivity index (χ0) is 18.2. The van der Waals surface area contributed by atoms with E-state index in [-0.39, 0.29) is 13.2 Å². The standard InChI is InChI=1S/C20H20N2O4/c1-2-6-18-21-22-20(26-18)16-9-11-17(12-10-16)24-14-19(23)25-13-15-7-4-3-5-8-15/h3-5,7-12H,2,6,13-14H2,1H3. The molecule has 6 heteroatoms. The number of hydrogen-bond acceptors (Lipinski definition) is 6. The number of ether oxygens (including phenoxy) is 2. The van der Waals surface area contributed by atoms with E-state index in [9.17, 15) is 4.79 Å². The molecule has 0 aliphatic rings. The van der Waals surface area contributed by atoms with Crippen molar-refractivity contribution < 1.29 is 18.7 Å². The number of esters is 1. The molecule has 0 amide bonds. The highest BCUT2D eigenvalue weighted by molar-refractivity contribution is 5.71. The molecule has 0 saturated heterocycles. The summed E-state index contributed by atoms with van der Waals surface area (Å²) in [5, 5.41) is 8.03. The predicted octanol–water partition coefficient (Wildman–Crippen LogP) is 3.81. The summed E-state index contributed by atoms with van der Waals surface area (Å²) in [4.78, 5) is 11.8. The van der Waals surface area contributed by atoms with Gasteiger partial charge in [-0.25, -0.2) is 4.79 Å². The van der Waals surface area contributed by atoms with Gasteiger partial charge in [0.1, 0.15) is 12.4 Å². The summed E-state index contributed by atoms with van der Waals surface area (Å²) < 4.78 is 16.2. The molecule has 0 unspecified atom stereocenters. The Morgan fingerprint density at radius 2 is 1.81 bits per heavy atom. The molecule has 0 saturated carbocycles. The van der Waals surface area contributed by atoms with E-state index in [1.165, 1.54) is 0 Å². The van der Waals surface area contributed by atoms with E-state index in [1.807, 2.05) is 42.5 Å². The SMILES string of the molecule is CCCc1nnc(-c2ccc(OCC(=O)OCc3ccccc3)cc2)o1. The fourth-order valence-electron chi connectivity index (χ4n) is 2.30. The van der Waals surface area contributed by atoms with E-state index >= 15 is 0 Å². The van der Waals surface area contributed by atoms with Crippen molar-refractivity contribution in [1.29, 1.82) is 0 Å². The van der Waals surface area contributed by atoms with Crippen molar-refractivity contribution >= 4 is 5.97 Å². The van der Waals surface area contributed by atoms with Crippen LogP contribution in [0.1, 0.15) is 24.8 Å². The fraction of sp³-hybridized carbons (Fsp3) is 0.250. The smallest absolute Gasteiger partial charge is 0.344 e. The van der Waals surface area contributed by atoms with E-state index < -0.39 is 5.97 Å². The number of carbonyl (C=O) groups excluding carboxylic acids is 1. The summed E-state index contributed by atoms with van der Waals surface area (Å²) in [6, 6.07) is 16.6. The summed E-state index contributed by atoms with van der Waals surface area (Å²) in [5.41, 5.74) is 1.74. The van der Waals surface area contributed by atoms with Crippen LogP contribution in [0.5, 0.6) is 5.75 Å². The van der Waals surface area contributed by atoms with Crippen molar-refractivity contribution in [2.24, 2.45) is 0 Å². The average Bonchev–Trinajstić information content (AvgIpc) is 3.15. The predicted molar refractivity (Wildman–Crippen MR) is 95.5 cm³/mol. The van der Waals surface area contributed by atoms with E-state index in [0.29, 0.717) is 17.5 Å². The van der Waals surface area contributed by atoms with E-state index in [4.69, 9.17) is 13.9 Å². The summed E-state index contributed by atoms with van der Waals surface area (Å²) in [7, 11) is 0. The van der Waals surface area contributed by atoms with Gasteiger partial charge in [-0.2, -0.15) is 0 Å². The molecule has 6 nitrogen and oxygen atoms in total. The summed E-state index contributed by atoms with van der Waals surface area (Å²) in [6.07, 6.45) is 1.72. The molecular formula is C20H20N2O4. The normalized spacial score (nSPS) is 10.5. The molecule has 0 radical (unpaired) electrons. The van der Waals surface area contributed by atoms with Gasteiger partial charge >= 0.3 is 5.97 Å². The highest BCUT2D eigenvalue weighted by Crippen LogP contribution is 2.21. The minimum Gasteiger partial charge on any atom is -0.482 e. The van der Waals surface area contributed by atoms with Crippen LogP contribution in [0.4, 0.5) is 0 Å². The van der Waals surface area contributed by atoms with Gasteiger partial charge in [0, 0.05) is 12.0 Å². The summed E-state index contributed by atoms with van der Waals surface area (Å²) in [6.45, 7) is 2.15. The van der Waals surface area contributed by atoms with Gasteiger partial charge in [0.2, 0.25) is 11.8 Å². The molecule has 1 aromatic heterocycles. The quantitative estimate of drug-likeness (QED) is 0.574. The third-order valence-electron chi connectivity index (χ3n) is 3.63. The van der Waals surface area contributed by atoms with Crippen LogP contribution in [0.2, 0.25) is 0 Å². The Morgan fingerprint density at radius 3 is 2.54 bits per heavy atom. The lowest BCUT2D eigenvalue weighted by atomic mass is 10.2. The topological polar surface area (TPSA) is 74.5 Å². The number of rotatable bonds is 8. The number of hydrogen-bond donors (Lipinski definition) is 0. The molecule has 0 bridgehead atoms. The molecule has 0 spiro atoms. The molecule has 134 valence electrons. The van der Waals surface area contributed by atoms with Crippen molar-refractivity contribution in [3.63, 3.8) is 0 Å². The number of benzene rings is 2. The van der Waals surface area contributed by atoms with Crippen molar-refractivity contribution in [2.75, 3.05) is 6.61 Å². The minimum atomic E-state index is -0.418. The molecule has 0 aliphatic heterocycles. The summed E-state index contributed by atoms with van der Waals surface area (Å²) >= 11 is 0. The first-order valence-electron chi connectivity index (χ1n) is 8.50. The maximum atomic E-state index is 11.8. The number of nitrogens with zero attached hydrogens (tertiary/aromatic N) is 2. The lowest BCUT2D eigenvalue weighted by molar-refractivity contribution is -0.147. The third-order valence-corrected chi connectivity index (χ3v) is 3.63. The summed E-state index contributed by atoms with van der Waals surface area (Å²) in [5.74, 6) is 1.25. The van der Waals surface area contributed by atoms with Gasteiger partial charge in [-0.1, -0.05) is 37.3 Å². The van der Waals surface area contributed by atoms with Gasteiger partial charge in [-0.05, 0) is 36.2 Å². The first-order chi connectivity index (χ1) is 12.7. The highest BCUT2D eigenvalue weighted by Gasteiger charge is 2.09. The van der Waals surface area contributed by atoms with Crippen molar-refractivity contribution in [3.05, 3.63) is 66.1 Å². The Balaban J connectivity index is 1.48. The molecule has 0 fully saturated rings. The Kier molecular flexibility index (Phi) is 5.98. The van der Waals surface area contributed by atoms with Crippen LogP contribution in [0.15, 0.2) is 59.0 Å². The molecule has 0 aliphatic carbocycles. The fourth-order valence-corrected chi connectivity index (χ4v) is 2.30. The largest absolute Gasteiger partial charge is 0.482 e. The van der Waals surface area contributed by atoms with E-state index in [0.717, 1.165) is 24.0 Å². The van der Waals surface area contributed by atoms with Gasteiger partial charge in [-0.15, -0.1) is 10.2 Å². The molecule has 2 aromatic carbocycles. The van der Waals surface area contributed by atoms with Gasteiger partial charge in [0.25, 0.3) is 0 Å². The lowest BCUT2D eigenvalue weighted by Crippen LogP contribution is -2.14. The minimum absolute atomic E-state index is 0.145. The second-order valence-electron chi connectivity index (χ2n) is 5.71. The van der Waals surface area contributed by atoms with Crippen LogP contribution >= 0.6 is 0 Å². The van der Waals surface area contributed by atoms with E-state index in [2.05, 4.69) is 17.1 Å². The van der Waals surface area contributed by atoms with Crippen LogP contribution in [0, 0.1) is 0 Å². The number of aromatic nitrogens is 2. The Morgan fingerprint density at radius 1 is 1.04 bits per heavy atom. The molecule has 3 rings (SSSR count). The Bertz CT molecular complexity index is 829. The van der Waals surface area contributed by atoms with Gasteiger partial charge < -0.3 is 13.9 Å². The van der Waals surface area contributed by atoms with Crippen LogP contribution in [0.3, 0.4) is 0 Å². The lowest BCUT2D eigenvalue weighted by Gasteiger charge is -2.07. The van der Waals surface area contributed by atoms with Gasteiger partial charge in [0.05, 0.1) is 0 Å². The first-order valence-corrected chi connectivity index (χ1v) is 8.50. The van der Waals surface area contributed by atoms with E-state index in [1.54, 1.807) is 12.1 Å². The average molecular weight is 352 g/mol. The van der Waals surface area contributed by atoms with Crippen molar-refractivity contribution in [1.82, 2.24) is 10.2 Å². The zero-order valence-corrected chi connectivity index (χ0v) is 14.6. The van der Waals surface area contributed by atoms with Crippen LogP contribution < -0.4 is 4.74 Å². The maximum absolute atomic E-state index is 11.8. The maximum Gasteiger partial charge on any atom is 0.344 e. The van der Waals surface area contributed by atoms with Crippen LogP contribution in [-0.2, 0) is 22.6 Å². The highest BCUT2D eigenvalue weighted by atomic mass is 16.6. The molecule has 3 aromatic rings. The van der Waals surface area contributed by atoms with Crippen LogP contribution in [-0.4, -0.2) is 22.8 Å². The van der Waals surface area contributed by atoms with Crippen LogP contribution in [0.25, 0.3) is 11.5 Å². The second-order valence-corrected chi connectivity index (χ2v) is 5.71. The molecule has 1 heterocycles. The second kappa shape index (κ2) is 8.80. The molecular weight excluding hydrogens is 332 g/mol. The monoisotopic (exact) mass is 352 g/mol. The first kappa shape index (κ1) is 17.7. The number of carbonyl (C=O) groups is 1. The van der Waals surface area contributed by atoms with Crippen molar-refractivity contribution in [2.45, 2.75) is 26.4 Å². The Hall–Kier alpha value is -3.15. The molecule has 26 heavy (non-hydrogen) atoms. The Labute approximate surface area is 151 Å². The zero-order valence-electron chi connectivity index (χ0n) is 14.6. The molecule has 0 atom stereocenters. The number of aryl methyl sites for hydroxylation is 1. The van der Waals surface area contributed by atoms with Crippen molar-refractivity contribution in [3.8, 4) is 17.2 Å².